The van der Waals surface area contributed by atoms with Gasteiger partial charge in [-0.25, -0.2) is 9.97 Å². The van der Waals surface area contributed by atoms with Gasteiger partial charge in [0.25, 0.3) is 5.91 Å². The number of hydrogen-bond donors (Lipinski definition) is 2. The van der Waals surface area contributed by atoms with Crippen molar-refractivity contribution in [2.24, 2.45) is 5.92 Å². The SMILES string of the molecule is CCN(CC)c1ccc(NC(=O)c2cnc(NCCC(C)C)nc2)c(C)c1. The van der Waals surface area contributed by atoms with Crippen molar-refractivity contribution < 1.29 is 4.79 Å². The van der Waals surface area contributed by atoms with Gasteiger partial charge >= 0.3 is 0 Å². The Morgan fingerprint density at radius 2 is 1.81 bits per heavy atom. The standard InChI is InChI=1S/C21H31N5O/c1-6-26(7-2)18-8-9-19(16(5)12-18)25-20(27)17-13-23-21(24-14-17)22-11-10-15(3)4/h8-9,12-15H,6-7,10-11H2,1-5H3,(H,25,27)(H,22,23,24). The minimum Gasteiger partial charge on any atom is -0.372 e. The highest BCUT2D eigenvalue weighted by atomic mass is 16.1. The van der Waals surface area contributed by atoms with E-state index in [1.54, 1.807) is 12.4 Å². The first kappa shape index (κ1) is 20.7. The summed E-state index contributed by atoms with van der Waals surface area (Å²) in [4.78, 5) is 23.2. The van der Waals surface area contributed by atoms with Gasteiger partial charge in [0.05, 0.1) is 5.56 Å². The number of hydrogen-bond acceptors (Lipinski definition) is 5. The number of aromatic nitrogens is 2. The smallest absolute Gasteiger partial charge is 0.258 e. The van der Waals surface area contributed by atoms with Gasteiger partial charge in [0.2, 0.25) is 5.95 Å². The Morgan fingerprint density at radius 3 is 2.37 bits per heavy atom. The van der Waals surface area contributed by atoms with E-state index in [2.05, 4.69) is 59.3 Å². The van der Waals surface area contributed by atoms with E-state index in [4.69, 9.17) is 0 Å². The summed E-state index contributed by atoms with van der Waals surface area (Å²) < 4.78 is 0. The molecule has 0 unspecified atom stereocenters. The summed E-state index contributed by atoms with van der Waals surface area (Å²) in [5.41, 5.74) is 3.43. The Bertz CT molecular complexity index is 739. The molecule has 1 amide bonds. The minimum atomic E-state index is -0.206. The van der Waals surface area contributed by atoms with Crippen LogP contribution in [0.4, 0.5) is 17.3 Å². The molecule has 0 aliphatic heterocycles. The average Bonchev–Trinajstić information content (AvgIpc) is 2.65. The third-order valence-corrected chi connectivity index (χ3v) is 4.51. The lowest BCUT2D eigenvalue weighted by atomic mass is 10.1. The van der Waals surface area contributed by atoms with Crippen molar-refractivity contribution in [2.75, 3.05) is 35.2 Å². The number of nitrogens with zero attached hydrogens (tertiary/aromatic N) is 3. The highest BCUT2D eigenvalue weighted by molar-refractivity contribution is 6.04. The van der Waals surface area contributed by atoms with Crippen LogP contribution in [-0.4, -0.2) is 35.5 Å². The molecule has 1 aromatic heterocycles. The average molecular weight is 370 g/mol. The van der Waals surface area contributed by atoms with E-state index in [0.29, 0.717) is 17.4 Å². The molecule has 0 atom stereocenters. The lowest BCUT2D eigenvalue weighted by Gasteiger charge is -2.22. The molecule has 2 rings (SSSR count). The molecular formula is C21H31N5O. The van der Waals surface area contributed by atoms with Crippen molar-refractivity contribution in [2.45, 2.75) is 41.0 Å². The second-order valence-corrected chi connectivity index (χ2v) is 7.03. The molecule has 0 bridgehead atoms. The predicted molar refractivity (Wildman–Crippen MR) is 113 cm³/mol. The van der Waals surface area contributed by atoms with E-state index >= 15 is 0 Å². The molecule has 2 N–H and O–H groups in total. The molecule has 0 radical (unpaired) electrons. The van der Waals surface area contributed by atoms with Gasteiger partial charge < -0.3 is 15.5 Å². The van der Waals surface area contributed by atoms with Gasteiger partial charge in [0, 0.05) is 43.4 Å². The fourth-order valence-electron chi connectivity index (χ4n) is 2.78. The highest BCUT2D eigenvalue weighted by Crippen LogP contribution is 2.23. The van der Waals surface area contributed by atoms with Gasteiger partial charge in [0.15, 0.2) is 0 Å². The molecule has 0 fully saturated rings. The van der Waals surface area contributed by atoms with Crippen molar-refractivity contribution >= 4 is 23.2 Å². The lowest BCUT2D eigenvalue weighted by molar-refractivity contribution is 0.102. The van der Waals surface area contributed by atoms with Crippen LogP contribution in [0.25, 0.3) is 0 Å². The molecule has 27 heavy (non-hydrogen) atoms. The van der Waals surface area contributed by atoms with Crippen LogP contribution in [0.2, 0.25) is 0 Å². The highest BCUT2D eigenvalue weighted by Gasteiger charge is 2.11. The first-order chi connectivity index (χ1) is 12.9. The van der Waals surface area contributed by atoms with E-state index < -0.39 is 0 Å². The number of benzene rings is 1. The Balaban J connectivity index is 2.00. The number of aryl methyl sites for hydroxylation is 1. The van der Waals surface area contributed by atoms with Crippen molar-refractivity contribution in [3.8, 4) is 0 Å². The molecule has 0 spiro atoms. The van der Waals surface area contributed by atoms with Crippen molar-refractivity contribution in [3.63, 3.8) is 0 Å². The first-order valence-corrected chi connectivity index (χ1v) is 9.67. The molecule has 0 saturated carbocycles. The molecule has 1 aromatic carbocycles. The van der Waals surface area contributed by atoms with Crippen LogP contribution >= 0.6 is 0 Å². The van der Waals surface area contributed by atoms with E-state index in [0.717, 1.165) is 43.0 Å². The molecule has 6 nitrogen and oxygen atoms in total. The summed E-state index contributed by atoms with van der Waals surface area (Å²) in [5, 5.41) is 6.12. The summed E-state index contributed by atoms with van der Waals surface area (Å²) in [7, 11) is 0. The third-order valence-electron chi connectivity index (χ3n) is 4.51. The van der Waals surface area contributed by atoms with Crippen LogP contribution in [0.5, 0.6) is 0 Å². The summed E-state index contributed by atoms with van der Waals surface area (Å²) in [5.74, 6) is 0.966. The molecule has 1 heterocycles. The summed E-state index contributed by atoms with van der Waals surface area (Å²) in [6.07, 6.45) is 4.16. The Kier molecular flexibility index (Phi) is 7.58. The lowest BCUT2D eigenvalue weighted by Crippen LogP contribution is -2.22. The van der Waals surface area contributed by atoms with Crippen LogP contribution < -0.4 is 15.5 Å². The van der Waals surface area contributed by atoms with Crippen LogP contribution in [0.15, 0.2) is 30.6 Å². The Hall–Kier alpha value is -2.63. The zero-order valence-electron chi connectivity index (χ0n) is 17.0. The first-order valence-electron chi connectivity index (χ1n) is 9.67. The van der Waals surface area contributed by atoms with Crippen LogP contribution in [0.3, 0.4) is 0 Å². The monoisotopic (exact) mass is 369 g/mol. The van der Waals surface area contributed by atoms with E-state index in [1.807, 2.05) is 19.1 Å². The molecular weight excluding hydrogens is 338 g/mol. The molecule has 0 aliphatic carbocycles. The molecule has 2 aromatic rings. The van der Waals surface area contributed by atoms with Crippen molar-refractivity contribution in [1.82, 2.24) is 9.97 Å². The van der Waals surface area contributed by atoms with Gasteiger partial charge in [-0.1, -0.05) is 13.8 Å². The van der Waals surface area contributed by atoms with Gasteiger partial charge in [-0.2, -0.15) is 0 Å². The fraction of sp³-hybridized carbons (Fsp3) is 0.476. The van der Waals surface area contributed by atoms with E-state index in [1.165, 1.54) is 0 Å². The summed E-state index contributed by atoms with van der Waals surface area (Å²) in [6.45, 7) is 13.3. The summed E-state index contributed by atoms with van der Waals surface area (Å²) >= 11 is 0. The number of amides is 1. The number of rotatable bonds is 9. The molecule has 146 valence electrons. The summed E-state index contributed by atoms with van der Waals surface area (Å²) in [6, 6.07) is 6.08. The van der Waals surface area contributed by atoms with Crippen LogP contribution in [0, 0.1) is 12.8 Å². The number of carbonyl (C=O) groups excluding carboxylic acids is 1. The van der Waals surface area contributed by atoms with Crippen molar-refractivity contribution in [3.05, 3.63) is 41.7 Å². The third kappa shape index (κ3) is 5.94. The maximum Gasteiger partial charge on any atom is 0.258 e. The van der Waals surface area contributed by atoms with E-state index in [-0.39, 0.29) is 5.91 Å². The van der Waals surface area contributed by atoms with Gasteiger partial charge in [-0.3, -0.25) is 4.79 Å². The zero-order valence-corrected chi connectivity index (χ0v) is 17.0. The van der Waals surface area contributed by atoms with Gasteiger partial charge in [0.1, 0.15) is 0 Å². The maximum absolute atomic E-state index is 12.5. The normalized spacial score (nSPS) is 10.7. The van der Waals surface area contributed by atoms with Gasteiger partial charge in [-0.15, -0.1) is 0 Å². The van der Waals surface area contributed by atoms with Crippen LogP contribution in [0.1, 0.15) is 50.0 Å². The zero-order chi connectivity index (χ0) is 19.8. The Labute approximate surface area is 162 Å². The quantitative estimate of drug-likeness (QED) is 0.688. The van der Waals surface area contributed by atoms with Crippen molar-refractivity contribution in [1.29, 1.82) is 0 Å². The minimum absolute atomic E-state index is 0.206. The topological polar surface area (TPSA) is 70.2 Å². The van der Waals surface area contributed by atoms with E-state index in [9.17, 15) is 4.79 Å². The fourth-order valence-corrected chi connectivity index (χ4v) is 2.78. The second kappa shape index (κ2) is 9.90. The number of nitrogens with one attached hydrogen (secondary N) is 2. The number of anilines is 3. The van der Waals surface area contributed by atoms with Gasteiger partial charge in [-0.05, 0) is 56.9 Å². The number of carbonyl (C=O) groups is 1. The van der Waals surface area contributed by atoms with Crippen LogP contribution in [-0.2, 0) is 0 Å². The molecule has 0 aliphatic rings. The molecule has 6 heteroatoms. The predicted octanol–water partition coefficient (Wildman–Crippen LogP) is 4.34. The largest absolute Gasteiger partial charge is 0.372 e. The molecule has 0 saturated heterocycles. The second-order valence-electron chi connectivity index (χ2n) is 7.03. The maximum atomic E-state index is 12.5. The Morgan fingerprint density at radius 1 is 1.15 bits per heavy atom.